The van der Waals surface area contributed by atoms with Gasteiger partial charge in [-0.15, -0.1) is 0 Å². The van der Waals surface area contributed by atoms with Gasteiger partial charge in [-0.3, -0.25) is 10.1 Å². The number of hydrogen-bond acceptors (Lipinski definition) is 5. The second-order valence-electron chi connectivity index (χ2n) is 3.67. The average molecular weight is 298 g/mol. The zero-order valence-corrected chi connectivity index (χ0v) is 11.0. The number of ether oxygens (including phenoxy) is 1. The number of halogens is 2. The van der Waals surface area contributed by atoms with Gasteiger partial charge in [0.1, 0.15) is 16.7 Å². The zero-order chi connectivity index (χ0) is 14.7. The molecule has 0 saturated heterocycles. The van der Waals surface area contributed by atoms with E-state index in [-0.39, 0.29) is 22.5 Å². The third-order valence-electron chi connectivity index (χ3n) is 2.31. The van der Waals surface area contributed by atoms with Gasteiger partial charge in [-0.1, -0.05) is 11.6 Å². The molecule has 2 rings (SSSR count). The Morgan fingerprint density at radius 1 is 1.40 bits per heavy atom. The Labute approximate surface area is 118 Å². The first-order chi connectivity index (χ1) is 9.49. The fourth-order valence-corrected chi connectivity index (χ4v) is 1.60. The molecule has 8 heteroatoms. The highest BCUT2D eigenvalue weighted by Crippen LogP contribution is 2.20. The standard InChI is InChI=1S/C12H9ClFN3O3/c1-20-10-5-9(13)15-12(16-10)17-11(19)7-3-2-6(14)4-8(7)18/h2-5,18H,1H3,(H,15,16,17,19). The van der Waals surface area contributed by atoms with E-state index in [0.717, 1.165) is 18.2 Å². The molecule has 104 valence electrons. The first kappa shape index (κ1) is 14.0. The van der Waals surface area contributed by atoms with E-state index >= 15 is 0 Å². The highest BCUT2D eigenvalue weighted by atomic mass is 35.5. The second-order valence-corrected chi connectivity index (χ2v) is 4.06. The van der Waals surface area contributed by atoms with Crippen molar-refractivity contribution in [2.45, 2.75) is 0 Å². The molecule has 0 aliphatic carbocycles. The van der Waals surface area contributed by atoms with Crippen LogP contribution in [0.25, 0.3) is 0 Å². The van der Waals surface area contributed by atoms with Crippen molar-refractivity contribution < 1.29 is 19.0 Å². The van der Waals surface area contributed by atoms with Gasteiger partial charge in [-0.05, 0) is 12.1 Å². The topological polar surface area (TPSA) is 84.3 Å². The Morgan fingerprint density at radius 3 is 2.80 bits per heavy atom. The SMILES string of the molecule is COc1cc(Cl)nc(NC(=O)c2ccc(F)cc2O)n1. The number of nitrogens with zero attached hydrogens (tertiary/aromatic N) is 2. The molecule has 1 heterocycles. The summed E-state index contributed by atoms with van der Waals surface area (Å²) in [7, 11) is 1.38. The van der Waals surface area contributed by atoms with Crippen molar-refractivity contribution >= 4 is 23.5 Å². The molecular formula is C12H9ClFN3O3. The molecule has 0 radical (unpaired) electrons. The molecule has 0 spiro atoms. The molecule has 2 aromatic rings. The maximum Gasteiger partial charge on any atom is 0.261 e. The van der Waals surface area contributed by atoms with Crippen molar-refractivity contribution in [2.24, 2.45) is 0 Å². The lowest BCUT2D eigenvalue weighted by molar-refractivity contribution is 0.102. The molecule has 1 amide bonds. The zero-order valence-electron chi connectivity index (χ0n) is 10.2. The minimum Gasteiger partial charge on any atom is -0.507 e. The van der Waals surface area contributed by atoms with E-state index in [1.807, 2.05) is 0 Å². The Bertz CT molecular complexity index is 666. The lowest BCUT2D eigenvalue weighted by Crippen LogP contribution is -2.14. The van der Waals surface area contributed by atoms with E-state index in [4.69, 9.17) is 16.3 Å². The van der Waals surface area contributed by atoms with Crippen LogP contribution in [0.1, 0.15) is 10.4 Å². The van der Waals surface area contributed by atoms with E-state index in [2.05, 4.69) is 15.3 Å². The molecule has 2 N–H and O–H groups in total. The van der Waals surface area contributed by atoms with E-state index in [1.165, 1.54) is 13.2 Å². The number of benzene rings is 1. The van der Waals surface area contributed by atoms with Crippen molar-refractivity contribution in [1.82, 2.24) is 9.97 Å². The van der Waals surface area contributed by atoms with Crippen LogP contribution in [0.4, 0.5) is 10.3 Å². The third-order valence-corrected chi connectivity index (χ3v) is 2.50. The van der Waals surface area contributed by atoms with Crippen molar-refractivity contribution in [3.63, 3.8) is 0 Å². The van der Waals surface area contributed by atoms with Gasteiger partial charge in [0.2, 0.25) is 11.8 Å². The average Bonchev–Trinajstić information content (AvgIpc) is 2.37. The summed E-state index contributed by atoms with van der Waals surface area (Å²) in [5.41, 5.74) is -0.117. The number of nitrogens with one attached hydrogen (secondary N) is 1. The summed E-state index contributed by atoms with van der Waals surface area (Å²) in [4.78, 5) is 19.5. The summed E-state index contributed by atoms with van der Waals surface area (Å²) < 4.78 is 17.7. The lowest BCUT2D eigenvalue weighted by Gasteiger charge is -2.07. The number of methoxy groups -OCH3 is 1. The van der Waals surface area contributed by atoms with Crippen LogP contribution in [-0.2, 0) is 0 Å². The van der Waals surface area contributed by atoms with Crippen molar-refractivity contribution in [1.29, 1.82) is 0 Å². The fraction of sp³-hybridized carbons (Fsp3) is 0.0833. The first-order valence-corrected chi connectivity index (χ1v) is 5.76. The van der Waals surface area contributed by atoms with Gasteiger partial charge in [-0.2, -0.15) is 4.98 Å². The van der Waals surface area contributed by atoms with Crippen LogP contribution >= 0.6 is 11.6 Å². The van der Waals surface area contributed by atoms with Crippen LogP contribution in [0.15, 0.2) is 24.3 Å². The van der Waals surface area contributed by atoms with Crippen LogP contribution in [-0.4, -0.2) is 28.1 Å². The van der Waals surface area contributed by atoms with Gasteiger partial charge < -0.3 is 9.84 Å². The largest absolute Gasteiger partial charge is 0.507 e. The summed E-state index contributed by atoms with van der Waals surface area (Å²) in [6.45, 7) is 0. The molecule has 6 nitrogen and oxygen atoms in total. The predicted molar refractivity (Wildman–Crippen MR) is 69.6 cm³/mol. The first-order valence-electron chi connectivity index (χ1n) is 5.38. The van der Waals surface area contributed by atoms with Gasteiger partial charge in [0.25, 0.3) is 5.91 Å². The van der Waals surface area contributed by atoms with Gasteiger partial charge in [-0.25, -0.2) is 9.37 Å². The monoisotopic (exact) mass is 297 g/mol. The fourth-order valence-electron chi connectivity index (χ4n) is 1.42. The van der Waals surface area contributed by atoms with Crippen LogP contribution < -0.4 is 10.1 Å². The molecule has 0 aliphatic rings. The maximum absolute atomic E-state index is 12.8. The lowest BCUT2D eigenvalue weighted by atomic mass is 10.2. The number of anilines is 1. The normalized spacial score (nSPS) is 10.2. The number of carbonyl (C=O) groups excluding carboxylic acids is 1. The number of phenolic OH excluding ortho intramolecular Hbond substituents is 1. The molecule has 0 unspecified atom stereocenters. The van der Waals surface area contributed by atoms with E-state index in [1.54, 1.807) is 0 Å². The molecule has 20 heavy (non-hydrogen) atoms. The summed E-state index contributed by atoms with van der Waals surface area (Å²) in [6.07, 6.45) is 0. The van der Waals surface area contributed by atoms with Crippen LogP contribution in [0.3, 0.4) is 0 Å². The summed E-state index contributed by atoms with van der Waals surface area (Å²) in [5.74, 6) is -1.77. The number of hydrogen-bond donors (Lipinski definition) is 2. The van der Waals surface area contributed by atoms with Gasteiger partial charge in [0.05, 0.1) is 12.7 Å². The molecule has 0 aliphatic heterocycles. The number of aromatic hydroxyl groups is 1. The Morgan fingerprint density at radius 2 is 2.15 bits per heavy atom. The van der Waals surface area contributed by atoms with E-state index in [9.17, 15) is 14.3 Å². The summed E-state index contributed by atoms with van der Waals surface area (Å²) >= 11 is 5.73. The highest BCUT2D eigenvalue weighted by molar-refractivity contribution is 6.29. The Kier molecular flexibility index (Phi) is 3.99. The minimum absolute atomic E-state index is 0.0791. The Hall–Kier alpha value is -2.41. The highest BCUT2D eigenvalue weighted by Gasteiger charge is 2.14. The number of aromatic nitrogens is 2. The van der Waals surface area contributed by atoms with Gasteiger partial charge >= 0.3 is 0 Å². The number of rotatable bonds is 3. The summed E-state index contributed by atoms with van der Waals surface area (Å²) in [5, 5.41) is 11.9. The number of phenols is 1. The summed E-state index contributed by atoms with van der Waals surface area (Å²) in [6, 6.07) is 4.39. The number of amides is 1. The maximum atomic E-state index is 12.8. The predicted octanol–water partition coefficient (Wildman–Crippen LogP) is 2.24. The molecule has 1 aromatic carbocycles. The molecular weight excluding hydrogens is 289 g/mol. The number of carbonyl (C=O) groups is 1. The van der Waals surface area contributed by atoms with Gasteiger partial charge in [0, 0.05) is 12.1 Å². The van der Waals surface area contributed by atoms with Crippen molar-refractivity contribution in [3.05, 3.63) is 40.8 Å². The van der Waals surface area contributed by atoms with Crippen molar-refractivity contribution in [2.75, 3.05) is 12.4 Å². The quantitative estimate of drug-likeness (QED) is 0.849. The van der Waals surface area contributed by atoms with E-state index in [0.29, 0.717) is 0 Å². The minimum atomic E-state index is -0.702. The Balaban J connectivity index is 2.25. The molecule has 0 saturated carbocycles. The van der Waals surface area contributed by atoms with Crippen molar-refractivity contribution in [3.8, 4) is 11.6 Å². The van der Waals surface area contributed by atoms with Crippen LogP contribution in [0.5, 0.6) is 11.6 Å². The van der Waals surface area contributed by atoms with Crippen LogP contribution in [0.2, 0.25) is 5.15 Å². The van der Waals surface area contributed by atoms with Gasteiger partial charge in [0.15, 0.2) is 0 Å². The third kappa shape index (κ3) is 3.12. The molecule has 1 aromatic heterocycles. The molecule has 0 atom stereocenters. The molecule has 0 fully saturated rings. The smallest absolute Gasteiger partial charge is 0.261 e. The van der Waals surface area contributed by atoms with Crippen LogP contribution in [0, 0.1) is 5.82 Å². The van der Waals surface area contributed by atoms with E-state index < -0.39 is 17.5 Å². The second kappa shape index (κ2) is 5.70. The molecule has 0 bridgehead atoms.